The van der Waals surface area contributed by atoms with Gasteiger partial charge in [-0.1, -0.05) is 6.07 Å². The van der Waals surface area contributed by atoms with E-state index in [0.717, 1.165) is 6.20 Å². The van der Waals surface area contributed by atoms with Crippen molar-refractivity contribution in [3.63, 3.8) is 0 Å². The average molecular weight is 396 g/mol. The third-order valence-corrected chi connectivity index (χ3v) is 4.82. The van der Waals surface area contributed by atoms with Crippen molar-refractivity contribution >= 4 is 53.4 Å². The molecule has 0 unspecified atom stereocenters. The Kier molecular flexibility index (Phi) is 3.64. The Labute approximate surface area is 120 Å². The standard InChI is InChI=1S/C9H8Br2N4O2S/c10-5-2-1-3-6(11)8(5)15-18(16,17)7-4-13-14-9(7)12/h1-4,15H,(H3,12,13,14). The molecule has 0 atom stereocenters. The van der Waals surface area contributed by atoms with Crippen LogP contribution in [0.2, 0.25) is 0 Å². The summed E-state index contributed by atoms with van der Waals surface area (Å²) in [6.45, 7) is 0. The number of nitrogen functional groups attached to an aromatic ring is 1. The molecule has 9 heteroatoms. The molecule has 0 saturated carbocycles. The van der Waals surface area contributed by atoms with Gasteiger partial charge in [-0.05, 0) is 44.0 Å². The van der Waals surface area contributed by atoms with E-state index in [9.17, 15) is 8.42 Å². The fraction of sp³-hybridized carbons (Fsp3) is 0. The Hall–Kier alpha value is -1.06. The van der Waals surface area contributed by atoms with E-state index < -0.39 is 10.0 Å². The zero-order valence-electron chi connectivity index (χ0n) is 8.81. The van der Waals surface area contributed by atoms with Crippen LogP contribution in [0.5, 0.6) is 0 Å². The number of aromatic nitrogens is 2. The monoisotopic (exact) mass is 394 g/mol. The third kappa shape index (κ3) is 2.52. The lowest BCUT2D eigenvalue weighted by molar-refractivity contribution is 0.601. The maximum absolute atomic E-state index is 12.1. The SMILES string of the molecule is Nc1[nH]ncc1S(=O)(=O)Nc1c(Br)cccc1Br. The normalized spacial score (nSPS) is 11.4. The molecule has 0 amide bonds. The van der Waals surface area contributed by atoms with E-state index in [4.69, 9.17) is 5.73 Å². The Morgan fingerprint density at radius 3 is 2.39 bits per heavy atom. The summed E-state index contributed by atoms with van der Waals surface area (Å²) in [6.07, 6.45) is 1.16. The van der Waals surface area contributed by atoms with Crippen molar-refractivity contribution < 1.29 is 8.42 Å². The smallest absolute Gasteiger partial charge is 0.267 e. The summed E-state index contributed by atoms with van der Waals surface area (Å²) in [7, 11) is -3.77. The van der Waals surface area contributed by atoms with Crippen molar-refractivity contribution in [1.82, 2.24) is 10.2 Å². The van der Waals surface area contributed by atoms with Crippen LogP contribution in [0.25, 0.3) is 0 Å². The third-order valence-electron chi connectivity index (χ3n) is 2.12. The van der Waals surface area contributed by atoms with Crippen LogP contribution in [-0.2, 0) is 10.0 Å². The van der Waals surface area contributed by atoms with E-state index in [-0.39, 0.29) is 10.7 Å². The van der Waals surface area contributed by atoms with Crippen LogP contribution in [0.4, 0.5) is 11.5 Å². The lowest BCUT2D eigenvalue weighted by atomic mass is 10.3. The first kappa shape index (κ1) is 13.4. The van der Waals surface area contributed by atoms with Gasteiger partial charge in [0, 0.05) is 8.95 Å². The minimum absolute atomic E-state index is 0.00863. The number of H-pyrrole nitrogens is 1. The van der Waals surface area contributed by atoms with Crippen molar-refractivity contribution in [2.75, 3.05) is 10.5 Å². The highest BCUT2D eigenvalue weighted by Crippen LogP contribution is 2.32. The second kappa shape index (κ2) is 4.90. The van der Waals surface area contributed by atoms with Crippen LogP contribution >= 0.6 is 31.9 Å². The van der Waals surface area contributed by atoms with Crippen LogP contribution < -0.4 is 10.5 Å². The number of hydrogen-bond acceptors (Lipinski definition) is 4. The maximum atomic E-state index is 12.1. The molecule has 0 saturated heterocycles. The van der Waals surface area contributed by atoms with Crippen LogP contribution in [-0.4, -0.2) is 18.6 Å². The molecule has 4 N–H and O–H groups in total. The fourth-order valence-corrected chi connectivity index (χ4v) is 3.87. The minimum Gasteiger partial charge on any atom is -0.383 e. The molecule has 0 aliphatic heterocycles. The van der Waals surface area contributed by atoms with E-state index in [1.54, 1.807) is 18.2 Å². The molecule has 96 valence electrons. The topological polar surface area (TPSA) is 101 Å². The highest BCUT2D eigenvalue weighted by molar-refractivity contribution is 9.11. The summed E-state index contributed by atoms with van der Waals surface area (Å²) in [4.78, 5) is -0.0925. The molecule has 0 aliphatic rings. The first-order valence-electron chi connectivity index (χ1n) is 4.67. The molecule has 0 radical (unpaired) electrons. The predicted molar refractivity (Wildman–Crippen MR) is 75.7 cm³/mol. The minimum atomic E-state index is -3.77. The zero-order chi connectivity index (χ0) is 13.3. The molecule has 18 heavy (non-hydrogen) atoms. The number of sulfonamides is 1. The van der Waals surface area contributed by atoms with Gasteiger partial charge in [0.1, 0.15) is 10.7 Å². The fourth-order valence-electron chi connectivity index (χ4n) is 1.28. The van der Waals surface area contributed by atoms with E-state index in [2.05, 4.69) is 46.8 Å². The Morgan fingerprint density at radius 2 is 1.89 bits per heavy atom. The maximum Gasteiger partial charge on any atom is 0.267 e. The van der Waals surface area contributed by atoms with Crippen molar-refractivity contribution in [2.45, 2.75) is 4.90 Å². The lowest BCUT2D eigenvalue weighted by Gasteiger charge is -2.10. The van der Waals surface area contributed by atoms with Crippen LogP contribution in [0.1, 0.15) is 0 Å². The molecule has 1 aromatic heterocycles. The second-order valence-corrected chi connectivity index (χ2v) is 6.71. The van der Waals surface area contributed by atoms with Crippen LogP contribution in [0, 0.1) is 0 Å². The number of nitrogens with zero attached hydrogens (tertiary/aromatic N) is 1. The summed E-state index contributed by atoms with van der Waals surface area (Å²) in [5.41, 5.74) is 5.90. The van der Waals surface area contributed by atoms with Crippen LogP contribution in [0.15, 0.2) is 38.2 Å². The van der Waals surface area contributed by atoms with Gasteiger partial charge in [-0.25, -0.2) is 8.42 Å². The highest BCUT2D eigenvalue weighted by Gasteiger charge is 2.21. The summed E-state index contributed by atoms with van der Waals surface area (Å²) >= 11 is 6.54. The lowest BCUT2D eigenvalue weighted by Crippen LogP contribution is -2.14. The molecule has 1 aromatic carbocycles. The van der Waals surface area contributed by atoms with Crippen LogP contribution in [0.3, 0.4) is 0 Å². The van der Waals surface area contributed by atoms with Crippen molar-refractivity contribution in [3.05, 3.63) is 33.3 Å². The number of nitrogens with one attached hydrogen (secondary N) is 2. The summed E-state index contributed by atoms with van der Waals surface area (Å²) in [5, 5.41) is 5.96. The quantitative estimate of drug-likeness (QED) is 0.742. The molecule has 0 aliphatic carbocycles. The van der Waals surface area contributed by atoms with Gasteiger partial charge in [-0.15, -0.1) is 0 Å². The highest BCUT2D eigenvalue weighted by atomic mass is 79.9. The van der Waals surface area contributed by atoms with E-state index in [1.165, 1.54) is 0 Å². The van der Waals surface area contributed by atoms with E-state index in [0.29, 0.717) is 14.6 Å². The summed E-state index contributed by atoms with van der Waals surface area (Å²) < 4.78 is 27.9. The molecule has 2 rings (SSSR count). The Bertz CT molecular complexity index is 663. The Morgan fingerprint density at radius 1 is 1.28 bits per heavy atom. The number of benzene rings is 1. The molecular formula is C9H8Br2N4O2S. The molecule has 0 bridgehead atoms. The second-order valence-electron chi connectivity index (χ2n) is 3.35. The van der Waals surface area contributed by atoms with E-state index in [1.807, 2.05) is 0 Å². The zero-order valence-corrected chi connectivity index (χ0v) is 12.8. The number of anilines is 2. The largest absolute Gasteiger partial charge is 0.383 e. The average Bonchev–Trinajstić information content (AvgIpc) is 2.71. The number of nitrogens with two attached hydrogens (primary N) is 1. The number of aromatic amines is 1. The van der Waals surface area contributed by atoms with Gasteiger partial charge < -0.3 is 5.73 Å². The van der Waals surface area contributed by atoms with Gasteiger partial charge in [0.15, 0.2) is 0 Å². The molecular weight excluding hydrogens is 388 g/mol. The van der Waals surface area contributed by atoms with Gasteiger partial charge >= 0.3 is 0 Å². The molecule has 0 spiro atoms. The van der Waals surface area contributed by atoms with E-state index >= 15 is 0 Å². The molecule has 0 fully saturated rings. The first-order valence-corrected chi connectivity index (χ1v) is 7.74. The summed E-state index contributed by atoms with van der Waals surface area (Å²) in [5.74, 6) is -0.00863. The van der Waals surface area contributed by atoms with Gasteiger partial charge in [0.2, 0.25) is 0 Å². The van der Waals surface area contributed by atoms with Gasteiger partial charge in [0.05, 0.1) is 11.9 Å². The van der Waals surface area contributed by atoms with Crippen molar-refractivity contribution in [1.29, 1.82) is 0 Å². The van der Waals surface area contributed by atoms with Gasteiger partial charge in [-0.2, -0.15) is 5.10 Å². The Balaban J connectivity index is 2.44. The number of hydrogen-bond donors (Lipinski definition) is 3. The predicted octanol–water partition coefficient (Wildman–Crippen LogP) is 2.32. The molecule has 1 heterocycles. The first-order chi connectivity index (χ1) is 8.42. The summed E-state index contributed by atoms with van der Waals surface area (Å²) in [6, 6.07) is 5.22. The number of halogens is 2. The van der Waals surface area contributed by atoms with Gasteiger partial charge in [-0.3, -0.25) is 9.82 Å². The van der Waals surface area contributed by atoms with Gasteiger partial charge in [0.25, 0.3) is 10.0 Å². The number of rotatable bonds is 3. The number of para-hydroxylation sites is 1. The molecule has 6 nitrogen and oxygen atoms in total. The molecule has 2 aromatic rings. The van der Waals surface area contributed by atoms with Crippen molar-refractivity contribution in [3.8, 4) is 0 Å². The van der Waals surface area contributed by atoms with Crippen molar-refractivity contribution in [2.24, 2.45) is 0 Å².